The average Bonchev–Trinajstić information content (AvgIpc) is 2.56. The van der Waals surface area contributed by atoms with Gasteiger partial charge in [-0.3, -0.25) is 10.1 Å². The molecule has 1 unspecified atom stereocenters. The zero-order valence-corrected chi connectivity index (χ0v) is 15.3. The van der Waals surface area contributed by atoms with Crippen molar-refractivity contribution in [3.8, 4) is 11.5 Å². The predicted molar refractivity (Wildman–Crippen MR) is 103 cm³/mol. The molecule has 24 heavy (non-hydrogen) atoms. The number of halogens is 1. The minimum atomic E-state index is -0.745. The minimum Gasteiger partial charge on any atom is -0.508 e. The standard InChI is InChI=1S/C18H18INO4/c1-2-16(12-3-7-14(21)8-4-12)17(11-18(19)20(23)24)13-5-9-15(22)10-6-13/h3-10,18,21-22H,2,11H2,1H3. The van der Waals surface area contributed by atoms with E-state index in [1.165, 1.54) is 0 Å². The highest BCUT2D eigenvalue weighted by molar-refractivity contribution is 14.1. The van der Waals surface area contributed by atoms with Gasteiger partial charge in [-0.1, -0.05) is 31.2 Å². The van der Waals surface area contributed by atoms with Crippen molar-refractivity contribution in [2.45, 2.75) is 23.8 Å². The first-order valence-electron chi connectivity index (χ1n) is 7.50. The van der Waals surface area contributed by atoms with Gasteiger partial charge < -0.3 is 10.2 Å². The summed E-state index contributed by atoms with van der Waals surface area (Å²) < 4.78 is -0.745. The Bertz CT molecular complexity index is 739. The maximum absolute atomic E-state index is 11.1. The van der Waals surface area contributed by atoms with Crippen molar-refractivity contribution in [2.24, 2.45) is 0 Å². The van der Waals surface area contributed by atoms with E-state index in [9.17, 15) is 20.3 Å². The molecule has 0 fully saturated rings. The molecule has 0 aliphatic rings. The first kappa shape index (κ1) is 18.3. The molecule has 0 aliphatic heterocycles. The summed E-state index contributed by atoms with van der Waals surface area (Å²) in [7, 11) is 0. The van der Waals surface area contributed by atoms with E-state index in [0.29, 0.717) is 6.42 Å². The van der Waals surface area contributed by atoms with Gasteiger partial charge in [0.2, 0.25) is 0 Å². The molecule has 0 heterocycles. The van der Waals surface area contributed by atoms with Crippen LogP contribution in [0.1, 0.15) is 30.9 Å². The van der Waals surface area contributed by atoms with E-state index in [0.717, 1.165) is 22.3 Å². The van der Waals surface area contributed by atoms with Crippen LogP contribution in [-0.2, 0) is 0 Å². The number of allylic oxidation sites excluding steroid dienone is 1. The molecule has 0 saturated carbocycles. The highest BCUT2D eigenvalue weighted by Crippen LogP contribution is 2.35. The number of hydrogen-bond donors (Lipinski definition) is 2. The van der Waals surface area contributed by atoms with Crippen LogP contribution in [0.2, 0.25) is 0 Å². The van der Waals surface area contributed by atoms with E-state index in [2.05, 4.69) is 0 Å². The van der Waals surface area contributed by atoms with Crippen LogP contribution in [0.3, 0.4) is 0 Å². The molecule has 0 saturated heterocycles. The van der Waals surface area contributed by atoms with Gasteiger partial charge in [-0.15, -0.1) is 0 Å². The lowest BCUT2D eigenvalue weighted by molar-refractivity contribution is -0.487. The van der Waals surface area contributed by atoms with Gasteiger partial charge in [0.05, 0.1) is 6.42 Å². The van der Waals surface area contributed by atoms with Gasteiger partial charge in [0.25, 0.3) is 4.05 Å². The van der Waals surface area contributed by atoms with Crippen LogP contribution in [0.4, 0.5) is 0 Å². The molecule has 1 atom stereocenters. The fourth-order valence-electron chi connectivity index (χ4n) is 2.58. The lowest BCUT2D eigenvalue weighted by atomic mass is 9.91. The second-order valence-electron chi connectivity index (χ2n) is 5.33. The maximum atomic E-state index is 11.1. The Morgan fingerprint density at radius 3 is 1.79 bits per heavy atom. The van der Waals surface area contributed by atoms with Crippen molar-refractivity contribution in [2.75, 3.05) is 0 Å². The van der Waals surface area contributed by atoms with E-state index < -0.39 is 4.05 Å². The van der Waals surface area contributed by atoms with Crippen molar-refractivity contribution in [1.29, 1.82) is 0 Å². The molecule has 2 aromatic carbocycles. The fourth-order valence-corrected chi connectivity index (χ4v) is 3.02. The maximum Gasteiger partial charge on any atom is 0.264 e. The zero-order chi connectivity index (χ0) is 17.7. The summed E-state index contributed by atoms with van der Waals surface area (Å²) >= 11 is 1.83. The Labute approximate surface area is 153 Å². The molecule has 126 valence electrons. The third-order valence-corrected chi connectivity index (χ3v) is 4.65. The number of phenolic OH excluding ortho intramolecular Hbond substituents is 2. The summed E-state index contributed by atoms with van der Waals surface area (Å²) in [6.07, 6.45) is 0.977. The molecule has 5 nitrogen and oxygen atoms in total. The topological polar surface area (TPSA) is 83.6 Å². The van der Waals surface area contributed by atoms with Gasteiger partial charge in [0.1, 0.15) is 11.5 Å². The summed E-state index contributed by atoms with van der Waals surface area (Å²) in [5.74, 6) is 0.332. The quantitative estimate of drug-likeness (QED) is 0.168. The third kappa shape index (κ3) is 4.47. The van der Waals surface area contributed by atoms with Crippen LogP contribution >= 0.6 is 22.6 Å². The van der Waals surface area contributed by atoms with Crippen molar-refractivity contribution < 1.29 is 15.1 Å². The normalized spacial score (nSPS) is 13.2. The lowest BCUT2D eigenvalue weighted by Crippen LogP contribution is -2.12. The second-order valence-corrected chi connectivity index (χ2v) is 6.77. The lowest BCUT2D eigenvalue weighted by Gasteiger charge is -2.16. The molecule has 0 aromatic heterocycles. The summed E-state index contributed by atoms with van der Waals surface area (Å²) in [5, 5.41) is 30.1. The van der Waals surface area contributed by atoms with Gasteiger partial charge in [-0.2, -0.15) is 0 Å². The van der Waals surface area contributed by atoms with Crippen LogP contribution in [-0.4, -0.2) is 19.2 Å². The van der Waals surface area contributed by atoms with Crippen LogP contribution in [0.5, 0.6) is 11.5 Å². The van der Waals surface area contributed by atoms with Crippen LogP contribution in [0, 0.1) is 10.1 Å². The number of alkyl halides is 1. The van der Waals surface area contributed by atoms with Crippen molar-refractivity contribution in [3.63, 3.8) is 0 Å². The summed E-state index contributed by atoms with van der Waals surface area (Å²) in [5.41, 5.74) is 3.63. The Morgan fingerprint density at radius 1 is 1.00 bits per heavy atom. The summed E-state index contributed by atoms with van der Waals surface area (Å²) in [4.78, 5) is 10.8. The Kier molecular flexibility index (Phi) is 6.19. The third-order valence-electron chi connectivity index (χ3n) is 3.75. The minimum absolute atomic E-state index is 0.154. The molecule has 0 amide bonds. The van der Waals surface area contributed by atoms with E-state index in [1.54, 1.807) is 36.4 Å². The van der Waals surface area contributed by atoms with E-state index in [4.69, 9.17) is 0 Å². The molecule has 0 spiro atoms. The monoisotopic (exact) mass is 439 g/mol. The van der Waals surface area contributed by atoms with Crippen LogP contribution in [0.25, 0.3) is 11.1 Å². The van der Waals surface area contributed by atoms with Gasteiger partial charge in [-0.05, 0) is 53.0 Å². The van der Waals surface area contributed by atoms with E-state index in [-0.39, 0.29) is 22.8 Å². The second kappa shape index (κ2) is 8.14. The average molecular weight is 439 g/mol. The predicted octanol–water partition coefficient (Wildman–Crippen LogP) is 4.85. The highest BCUT2D eigenvalue weighted by atomic mass is 127. The molecule has 6 heteroatoms. The molecule has 2 aromatic rings. The Hall–Kier alpha value is -2.09. The Balaban J connectivity index is 2.57. The first-order chi connectivity index (χ1) is 11.4. The SMILES string of the molecule is CCC(=C(CC(I)[N+](=O)[O-])c1ccc(O)cc1)c1ccc(O)cc1. The number of nitrogens with zero attached hydrogens (tertiary/aromatic N) is 1. The van der Waals surface area contributed by atoms with Crippen molar-refractivity contribution in [3.05, 3.63) is 69.8 Å². The molecular weight excluding hydrogens is 421 g/mol. The number of hydrogen-bond acceptors (Lipinski definition) is 4. The van der Waals surface area contributed by atoms with Gasteiger partial charge in [0, 0.05) is 27.5 Å². The van der Waals surface area contributed by atoms with Crippen LogP contribution in [0.15, 0.2) is 48.5 Å². The first-order valence-corrected chi connectivity index (χ1v) is 8.75. The molecular formula is C18H18INO4. The van der Waals surface area contributed by atoms with Gasteiger partial charge in [-0.25, -0.2) is 0 Å². The smallest absolute Gasteiger partial charge is 0.264 e. The van der Waals surface area contributed by atoms with Gasteiger partial charge in [0.15, 0.2) is 0 Å². The van der Waals surface area contributed by atoms with Crippen LogP contribution < -0.4 is 0 Å². The molecule has 0 bridgehead atoms. The number of rotatable bonds is 6. The summed E-state index contributed by atoms with van der Waals surface area (Å²) in [6, 6.07) is 13.5. The molecule has 0 radical (unpaired) electrons. The number of phenols is 2. The molecule has 0 aliphatic carbocycles. The Morgan fingerprint density at radius 2 is 1.42 bits per heavy atom. The van der Waals surface area contributed by atoms with Gasteiger partial charge >= 0.3 is 0 Å². The van der Waals surface area contributed by atoms with E-state index >= 15 is 0 Å². The number of benzene rings is 2. The van der Waals surface area contributed by atoms with E-state index in [1.807, 2.05) is 41.6 Å². The highest BCUT2D eigenvalue weighted by Gasteiger charge is 2.21. The molecule has 2 rings (SSSR count). The summed E-state index contributed by atoms with van der Waals surface area (Å²) in [6.45, 7) is 2.00. The van der Waals surface area contributed by atoms with Crippen molar-refractivity contribution in [1.82, 2.24) is 0 Å². The zero-order valence-electron chi connectivity index (χ0n) is 13.1. The largest absolute Gasteiger partial charge is 0.508 e. The van der Waals surface area contributed by atoms with Crippen molar-refractivity contribution >= 4 is 33.7 Å². The number of aromatic hydroxyl groups is 2. The number of nitro groups is 1. The fraction of sp³-hybridized carbons (Fsp3) is 0.222. The molecule has 2 N–H and O–H groups in total.